The van der Waals surface area contributed by atoms with Crippen molar-refractivity contribution in [3.8, 4) is 0 Å². The first-order valence-corrected chi connectivity index (χ1v) is 9.68. The van der Waals surface area contributed by atoms with Crippen molar-refractivity contribution in [1.29, 1.82) is 0 Å². The summed E-state index contributed by atoms with van der Waals surface area (Å²) in [5.74, 6) is 0.971. The van der Waals surface area contributed by atoms with Gasteiger partial charge in [0.2, 0.25) is 0 Å². The molecule has 27 heavy (non-hydrogen) atoms. The number of hydrogen-bond acceptors (Lipinski definition) is 3. The fraction of sp³-hybridized carbons (Fsp3) is 0.391. The van der Waals surface area contributed by atoms with Crippen LogP contribution in [0.15, 0.2) is 65.7 Å². The normalized spacial score (nSPS) is 19.8. The highest BCUT2D eigenvalue weighted by Crippen LogP contribution is 2.32. The van der Waals surface area contributed by atoms with Crippen LogP contribution in [0.3, 0.4) is 0 Å². The molecule has 1 amide bonds. The molecule has 142 valence electrons. The minimum Gasteiger partial charge on any atom is -0.369 e. The molecule has 0 saturated carbocycles. The Hall–Kier alpha value is -2.62. The van der Waals surface area contributed by atoms with Crippen LogP contribution in [-0.2, 0) is 4.79 Å². The second-order valence-electron chi connectivity index (χ2n) is 7.96. The zero-order valence-electron chi connectivity index (χ0n) is 16.4. The number of nitrogens with zero attached hydrogens (tertiary/aromatic N) is 2. The molecule has 4 heteroatoms. The fourth-order valence-corrected chi connectivity index (χ4v) is 4.05. The lowest BCUT2D eigenvalue weighted by molar-refractivity contribution is -0.131. The van der Waals surface area contributed by atoms with Gasteiger partial charge in [0, 0.05) is 12.5 Å². The Morgan fingerprint density at radius 2 is 1.52 bits per heavy atom. The molecule has 1 aliphatic rings. The molecule has 3 rings (SSSR count). The van der Waals surface area contributed by atoms with Crippen LogP contribution >= 0.6 is 0 Å². The number of rotatable bonds is 7. The molecule has 4 nitrogen and oxygen atoms in total. The van der Waals surface area contributed by atoms with Gasteiger partial charge >= 0.3 is 0 Å². The second-order valence-corrected chi connectivity index (χ2v) is 7.96. The summed E-state index contributed by atoms with van der Waals surface area (Å²) in [5, 5.41) is 0. The highest BCUT2D eigenvalue weighted by atomic mass is 16.2. The van der Waals surface area contributed by atoms with E-state index in [-0.39, 0.29) is 11.8 Å². The van der Waals surface area contributed by atoms with Gasteiger partial charge in [-0.25, -0.2) is 4.99 Å². The van der Waals surface area contributed by atoms with Crippen molar-refractivity contribution in [3.05, 3.63) is 71.8 Å². The van der Waals surface area contributed by atoms with Crippen molar-refractivity contribution in [1.82, 2.24) is 4.90 Å². The number of amides is 1. The summed E-state index contributed by atoms with van der Waals surface area (Å²) >= 11 is 0. The van der Waals surface area contributed by atoms with E-state index in [0.717, 1.165) is 6.42 Å². The molecule has 0 aliphatic carbocycles. The summed E-state index contributed by atoms with van der Waals surface area (Å²) < 4.78 is 0. The molecule has 0 aromatic heterocycles. The van der Waals surface area contributed by atoms with Crippen LogP contribution in [-0.4, -0.2) is 28.9 Å². The highest BCUT2D eigenvalue weighted by Gasteiger charge is 2.44. The van der Waals surface area contributed by atoms with E-state index in [9.17, 15) is 4.79 Å². The first-order chi connectivity index (χ1) is 12.9. The summed E-state index contributed by atoms with van der Waals surface area (Å²) in [7, 11) is 0. The molecule has 0 saturated heterocycles. The summed E-state index contributed by atoms with van der Waals surface area (Å²) in [6.07, 6.45) is 1.51. The first kappa shape index (κ1) is 19.2. The summed E-state index contributed by atoms with van der Waals surface area (Å²) in [6.45, 7) is 6.67. The zero-order chi connectivity index (χ0) is 19.4. The van der Waals surface area contributed by atoms with Crippen molar-refractivity contribution in [2.24, 2.45) is 16.6 Å². The Morgan fingerprint density at radius 3 is 2.00 bits per heavy atom. The zero-order valence-corrected chi connectivity index (χ0v) is 16.4. The Kier molecular flexibility index (Phi) is 5.64. The van der Waals surface area contributed by atoms with Crippen LogP contribution in [0, 0.1) is 5.92 Å². The predicted octanol–water partition coefficient (Wildman–Crippen LogP) is 4.17. The molecule has 1 atom stereocenters. The van der Waals surface area contributed by atoms with Crippen LogP contribution in [0.1, 0.15) is 50.7 Å². The minimum atomic E-state index is -0.729. The smallest absolute Gasteiger partial charge is 0.257 e. The number of hydrogen-bond donors (Lipinski definition) is 1. The number of benzene rings is 2. The third-order valence-electron chi connectivity index (χ3n) is 5.19. The molecule has 0 spiro atoms. The SMILES string of the molecule is CC(C)CC1(C)N=C(N)N(CCC(c2ccccc2)c2ccccc2)C1=O. The molecule has 1 unspecified atom stereocenters. The number of nitrogens with two attached hydrogens (primary N) is 1. The van der Waals surface area contributed by atoms with E-state index in [2.05, 4.69) is 67.4 Å². The summed E-state index contributed by atoms with van der Waals surface area (Å²) in [4.78, 5) is 19.2. The Labute approximate surface area is 162 Å². The maximum Gasteiger partial charge on any atom is 0.257 e. The molecule has 2 N–H and O–H groups in total. The molecule has 2 aromatic rings. The van der Waals surface area contributed by atoms with Gasteiger partial charge in [0.1, 0.15) is 5.54 Å². The van der Waals surface area contributed by atoms with Crippen LogP contribution < -0.4 is 5.73 Å². The van der Waals surface area contributed by atoms with Gasteiger partial charge in [-0.15, -0.1) is 0 Å². The van der Waals surface area contributed by atoms with Crippen LogP contribution in [0.2, 0.25) is 0 Å². The van der Waals surface area contributed by atoms with Gasteiger partial charge in [-0.05, 0) is 36.8 Å². The molecular weight excluding hydrogens is 334 g/mol. The molecule has 1 aliphatic heterocycles. The quantitative estimate of drug-likeness (QED) is 0.802. The van der Waals surface area contributed by atoms with Gasteiger partial charge in [-0.3, -0.25) is 9.69 Å². The number of carbonyl (C=O) groups excluding carboxylic acids is 1. The Morgan fingerprint density at radius 1 is 1.00 bits per heavy atom. The Bertz CT molecular complexity index is 761. The van der Waals surface area contributed by atoms with Gasteiger partial charge in [-0.1, -0.05) is 74.5 Å². The fourth-order valence-electron chi connectivity index (χ4n) is 4.05. The van der Waals surface area contributed by atoms with Crippen LogP contribution in [0.25, 0.3) is 0 Å². The molecule has 0 radical (unpaired) electrons. The number of aliphatic imine (C=N–C) groups is 1. The van der Waals surface area contributed by atoms with Crippen molar-refractivity contribution < 1.29 is 4.79 Å². The van der Waals surface area contributed by atoms with E-state index in [1.807, 2.05) is 19.1 Å². The third-order valence-corrected chi connectivity index (χ3v) is 5.19. The monoisotopic (exact) mass is 363 g/mol. The first-order valence-electron chi connectivity index (χ1n) is 9.68. The van der Waals surface area contributed by atoms with Crippen LogP contribution in [0.5, 0.6) is 0 Å². The second kappa shape index (κ2) is 7.95. The molecular formula is C23H29N3O. The van der Waals surface area contributed by atoms with E-state index in [1.165, 1.54) is 11.1 Å². The van der Waals surface area contributed by atoms with E-state index < -0.39 is 5.54 Å². The van der Waals surface area contributed by atoms with Gasteiger partial charge in [-0.2, -0.15) is 0 Å². The lowest BCUT2D eigenvalue weighted by atomic mass is 9.88. The lowest BCUT2D eigenvalue weighted by Gasteiger charge is -2.25. The minimum absolute atomic E-state index is 0.0218. The van der Waals surface area contributed by atoms with Gasteiger partial charge < -0.3 is 5.73 Å². The van der Waals surface area contributed by atoms with Crippen molar-refractivity contribution >= 4 is 11.9 Å². The van der Waals surface area contributed by atoms with E-state index in [1.54, 1.807) is 4.90 Å². The van der Waals surface area contributed by atoms with E-state index in [4.69, 9.17) is 5.73 Å². The lowest BCUT2D eigenvalue weighted by Crippen LogP contribution is -2.44. The molecule has 1 heterocycles. The van der Waals surface area contributed by atoms with Crippen molar-refractivity contribution in [2.75, 3.05) is 6.54 Å². The molecule has 2 aromatic carbocycles. The number of guanidine groups is 1. The highest BCUT2D eigenvalue weighted by molar-refractivity contribution is 6.06. The van der Waals surface area contributed by atoms with Crippen molar-refractivity contribution in [3.63, 3.8) is 0 Å². The Balaban J connectivity index is 1.79. The van der Waals surface area contributed by atoms with Gasteiger partial charge in [0.05, 0.1) is 0 Å². The molecule has 0 bridgehead atoms. The maximum atomic E-state index is 13.0. The van der Waals surface area contributed by atoms with Crippen LogP contribution in [0.4, 0.5) is 0 Å². The molecule has 0 fully saturated rings. The average Bonchev–Trinajstić information content (AvgIpc) is 2.85. The van der Waals surface area contributed by atoms with E-state index >= 15 is 0 Å². The van der Waals surface area contributed by atoms with Gasteiger partial charge in [0.15, 0.2) is 5.96 Å². The summed E-state index contributed by atoms with van der Waals surface area (Å²) in [5.41, 5.74) is 7.90. The van der Waals surface area contributed by atoms with Crippen molar-refractivity contribution in [2.45, 2.75) is 45.1 Å². The summed E-state index contributed by atoms with van der Waals surface area (Å²) in [6, 6.07) is 20.9. The largest absolute Gasteiger partial charge is 0.369 e. The third kappa shape index (κ3) is 4.21. The standard InChI is InChI=1S/C23H29N3O/c1-17(2)16-23(3)21(27)26(22(24)25-23)15-14-20(18-10-6-4-7-11-18)19-12-8-5-9-13-19/h4-13,17,20H,14-16H2,1-3H3,(H2,24,25). The maximum absolute atomic E-state index is 13.0. The predicted molar refractivity (Wildman–Crippen MR) is 111 cm³/mol. The average molecular weight is 364 g/mol. The van der Waals surface area contributed by atoms with Gasteiger partial charge in [0.25, 0.3) is 5.91 Å². The van der Waals surface area contributed by atoms with E-state index in [0.29, 0.717) is 24.8 Å². The number of carbonyl (C=O) groups is 1. The topological polar surface area (TPSA) is 58.7 Å².